The summed E-state index contributed by atoms with van der Waals surface area (Å²) in [4.78, 5) is 26.8. The number of hydrogen-bond acceptors (Lipinski definition) is 4. The van der Waals surface area contributed by atoms with Gasteiger partial charge in [-0.05, 0) is 25.9 Å². The smallest absolute Gasteiger partial charge is 0.311 e. The van der Waals surface area contributed by atoms with E-state index in [9.17, 15) is 9.59 Å². The molecule has 1 fully saturated rings. The second-order valence-corrected chi connectivity index (χ2v) is 4.65. The van der Waals surface area contributed by atoms with E-state index < -0.39 is 11.8 Å². The quantitative estimate of drug-likeness (QED) is 0.586. The summed E-state index contributed by atoms with van der Waals surface area (Å²) in [5.74, 6) is -0.575. The zero-order chi connectivity index (χ0) is 12.8. The molecular weight excluding hydrogens is 220 g/mol. The Labute approximate surface area is 102 Å². The number of rotatable bonds is 4. The fraction of sp³-hybridized carbons (Fsp3) is 0.818. The molecule has 0 aromatic rings. The van der Waals surface area contributed by atoms with Crippen LogP contribution in [0.4, 0.5) is 0 Å². The summed E-state index contributed by atoms with van der Waals surface area (Å²) in [6, 6.07) is 0. The zero-order valence-electron chi connectivity index (χ0n) is 10.6. The van der Waals surface area contributed by atoms with Crippen LogP contribution in [0.1, 0.15) is 6.42 Å². The monoisotopic (exact) mass is 242 g/mol. The van der Waals surface area contributed by atoms with E-state index in [1.54, 1.807) is 7.05 Å². The van der Waals surface area contributed by atoms with E-state index in [4.69, 9.17) is 5.73 Å². The average molecular weight is 242 g/mol. The van der Waals surface area contributed by atoms with E-state index in [0.29, 0.717) is 25.6 Å². The molecule has 0 spiro atoms. The van der Waals surface area contributed by atoms with Crippen molar-refractivity contribution in [2.24, 2.45) is 11.7 Å². The van der Waals surface area contributed by atoms with Crippen LogP contribution >= 0.6 is 0 Å². The molecule has 1 aliphatic heterocycles. The second-order valence-electron chi connectivity index (χ2n) is 4.65. The van der Waals surface area contributed by atoms with E-state index in [-0.39, 0.29) is 0 Å². The Hall–Kier alpha value is -1.14. The second kappa shape index (κ2) is 6.56. The van der Waals surface area contributed by atoms with Crippen LogP contribution < -0.4 is 11.1 Å². The molecule has 6 heteroatoms. The average Bonchev–Trinajstić information content (AvgIpc) is 2.70. The summed E-state index contributed by atoms with van der Waals surface area (Å²) in [6.07, 6.45) is 1.08. The number of carbonyl (C=O) groups is 2. The molecule has 98 valence electrons. The van der Waals surface area contributed by atoms with Crippen LogP contribution in [0, 0.1) is 5.92 Å². The molecule has 0 saturated carbocycles. The molecule has 6 nitrogen and oxygen atoms in total. The Bertz CT molecular complexity index is 283. The van der Waals surface area contributed by atoms with Crippen molar-refractivity contribution in [2.75, 3.05) is 46.8 Å². The van der Waals surface area contributed by atoms with Crippen LogP contribution in [0.15, 0.2) is 0 Å². The Morgan fingerprint density at radius 3 is 2.76 bits per heavy atom. The SMILES string of the molecule is CN1CCC(CN(C)C(=O)C(=O)NCCN)C1. The van der Waals surface area contributed by atoms with Gasteiger partial charge < -0.3 is 20.9 Å². The maximum atomic E-state index is 11.7. The fourth-order valence-corrected chi connectivity index (χ4v) is 2.08. The summed E-state index contributed by atoms with van der Waals surface area (Å²) >= 11 is 0. The first-order chi connectivity index (χ1) is 8.04. The van der Waals surface area contributed by atoms with Gasteiger partial charge >= 0.3 is 11.8 Å². The Balaban J connectivity index is 2.33. The lowest BCUT2D eigenvalue weighted by molar-refractivity contribution is -0.145. The molecule has 1 saturated heterocycles. The van der Waals surface area contributed by atoms with E-state index >= 15 is 0 Å². The minimum atomic E-state index is -0.565. The number of likely N-dealkylation sites (tertiary alicyclic amines) is 1. The number of amides is 2. The number of nitrogens with zero attached hydrogens (tertiary/aromatic N) is 2. The van der Waals surface area contributed by atoms with Gasteiger partial charge in [0.2, 0.25) is 0 Å². The lowest BCUT2D eigenvalue weighted by Gasteiger charge is -2.20. The third-order valence-electron chi connectivity index (χ3n) is 2.99. The highest BCUT2D eigenvalue weighted by Gasteiger charge is 2.25. The van der Waals surface area contributed by atoms with Crippen LogP contribution in [0.3, 0.4) is 0 Å². The fourth-order valence-electron chi connectivity index (χ4n) is 2.08. The molecule has 17 heavy (non-hydrogen) atoms. The topological polar surface area (TPSA) is 78.7 Å². The van der Waals surface area contributed by atoms with Gasteiger partial charge in [0.1, 0.15) is 0 Å². The molecule has 0 bridgehead atoms. The minimum absolute atomic E-state index is 0.338. The predicted molar refractivity (Wildman–Crippen MR) is 65.3 cm³/mol. The van der Waals surface area contributed by atoms with Gasteiger partial charge in [-0.25, -0.2) is 0 Å². The first-order valence-electron chi connectivity index (χ1n) is 5.96. The molecule has 1 unspecified atom stereocenters. The highest BCUT2D eigenvalue weighted by molar-refractivity contribution is 6.34. The molecule has 1 aliphatic rings. The highest BCUT2D eigenvalue weighted by Crippen LogP contribution is 2.14. The van der Waals surface area contributed by atoms with Crippen molar-refractivity contribution in [3.8, 4) is 0 Å². The molecule has 2 amide bonds. The van der Waals surface area contributed by atoms with Gasteiger partial charge in [-0.15, -0.1) is 0 Å². The molecule has 1 rings (SSSR count). The number of nitrogens with one attached hydrogen (secondary N) is 1. The molecular formula is C11H22N4O2. The van der Waals surface area contributed by atoms with Crippen molar-refractivity contribution >= 4 is 11.8 Å². The lowest BCUT2D eigenvalue weighted by atomic mass is 10.1. The third-order valence-corrected chi connectivity index (χ3v) is 2.99. The number of carbonyl (C=O) groups excluding carboxylic acids is 2. The Morgan fingerprint density at radius 2 is 2.24 bits per heavy atom. The van der Waals surface area contributed by atoms with Crippen molar-refractivity contribution in [3.63, 3.8) is 0 Å². The van der Waals surface area contributed by atoms with Crippen molar-refractivity contribution < 1.29 is 9.59 Å². The Morgan fingerprint density at radius 1 is 1.53 bits per heavy atom. The van der Waals surface area contributed by atoms with E-state index in [2.05, 4.69) is 17.3 Å². The number of nitrogens with two attached hydrogens (primary N) is 1. The molecule has 0 radical (unpaired) electrons. The van der Waals surface area contributed by atoms with Crippen LogP contribution in [-0.2, 0) is 9.59 Å². The van der Waals surface area contributed by atoms with Gasteiger partial charge in [0.05, 0.1) is 0 Å². The normalized spacial score (nSPS) is 20.3. The van der Waals surface area contributed by atoms with Crippen LogP contribution in [0.25, 0.3) is 0 Å². The minimum Gasteiger partial charge on any atom is -0.347 e. The highest BCUT2D eigenvalue weighted by atomic mass is 16.2. The van der Waals surface area contributed by atoms with Gasteiger partial charge in [-0.3, -0.25) is 9.59 Å². The maximum absolute atomic E-state index is 11.7. The van der Waals surface area contributed by atoms with Crippen LogP contribution in [0.2, 0.25) is 0 Å². The predicted octanol–water partition coefficient (Wildman–Crippen LogP) is -1.53. The summed E-state index contributed by atoms with van der Waals surface area (Å²) in [7, 11) is 3.73. The Kier molecular flexibility index (Phi) is 5.37. The van der Waals surface area contributed by atoms with Crippen molar-refractivity contribution in [2.45, 2.75) is 6.42 Å². The third kappa shape index (κ3) is 4.32. The largest absolute Gasteiger partial charge is 0.347 e. The molecule has 0 aliphatic carbocycles. The molecule has 1 atom stereocenters. The van der Waals surface area contributed by atoms with Gasteiger partial charge in [-0.2, -0.15) is 0 Å². The molecule has 3 N–H and O–H groups in total. The van der Waals surface area contributed by atoms with E-state index in [0.717, 1.165) is 19.5 Å². The van der Waals surface area contributed by atoms with Crippen LogP contribution in [-0.4, -0.2) is 68.4 Å². The van der Waals surface area contributed by atoms with Crippen molar-refractivity contribution in [3.05, 3.63) is 0 Å². The lowest BCUT2D eigenvalue weighted by Crippen LogP contribution is -2.44. The van der Waals surface area contributed by atoms with Gasteiger partial charge in [0.15, 0.2) is 0 Å². The van der Waals surface area contributed by atoms with Gasteiger partial charge in [0.25, 0.3) is 0 Å². The molecule has 0 aromatic heterocycles. The zero-order valence-corrected chi connectivity index (χ0v) is 10.6. The number of hydrogen-bond donors (Lipinski definition) is 2. The van der Waals surface area contributed by atoms with Gasteiger partial charge in [0, 0.05) is 33.2 Å². The van der Waals surface area contributed by atoms with Crippen LogP contribution in [0.5, 0.6) is 0 Å². The van der Waals surface area contributed by atoms with E-state index in [1.165, 1.54) is 4.90 Å². The standard InChI is InChI=1S/C11H22N4O2/c1-14-6-3-9(7-14)8-15(2)11(17)10(16)13-5-4-12/h9H,3-8,12H2,1-2H3,(H,13,16). The maximum Gasteiger partial charge on any atom is 0.311 e. The van der Waals surface area contributed by atoms with Gasteiger partial charge in [-0.1, -0.05) is 0 Å². The molecule has 0 aromatic carbocycles. The first kappa shape index (κ1) is 13.9. The summed E-state index contributed by atoms with van der Waals surface area (Å²) < 4.78 is 0. The van der Waals surface area contributed by atoms with Crippen molar-refractivity contribution in [1.82, 2.24) is 15.1 Å². The summed E-state index contributed by atoms with van der Waals surface area (Å²) in [6.45, 7) is 3.37. The van der Waals surface area contributed by atoms with E-state index in [1.807, 2.05) is 0 Å². The summed E-state index contributed by atoms with van der Waals surface area (Å²) in [5, 5.41) is 2.48. The summed E-state index contributed by atoms with van der Waals surface area (Å²) in [5.41, 5.74) is 5.26. The first-order valence-corrected chi connectivity index (χ1v) is 5.96. The number of likely N-dealkylation sites (N-methyl/N-ethyl adjacent to an activating group) is 1. The molecule has 1 heterocycles. The van der Waals surface area contributed by atoms with Crippen molar-refractivity contribution in [1.29, 1.82) is 0 Å².